The zero-order chi connectivity index (χ0) is 86.2. The van der Waals surface area contributed by atoms with Crippen molar-refractivity contribution in [2.45, 2.75) is 41.5 Å². The van der Waals surface area contributed by atoms with Gasteiger partial charge in [-0.25, -0.2) is 14.4 Å². The number of urea groups is 2. The van der Waals surface area contributed by atoms with E-state index in [2.05, 4.69) is 114 Å². The summed E-state index contributed by atoms with van der Waals surface area (Å²) < 4.78 is 0. The molecule has 13 N–H and O–H groups in total. The summed E-state index contributed by atoms with van der Waals surface area (Å²) in [4.78, 5) is 87.2. The van der Waals surface area contributed by atoms with E-state index in [1.54, 1.807) is 41.3 Å². The SMILES string of the molecule is CC.CC.CC.CN(C)c1nc(NC(=O)Nc2ccccc2)nc(Nc2ccccc2-c2ccccc2)n1.Nc1ccccc1-c1ccccc1.Nc1nc(Cl)nc(Cl)n1.Nc1nc(Cl)nc(Nc2ccccc2-c2ccccc2)n1.O=C(Nc1ccccc1)Nc1nc(Cl)nc(Nc2ccccc2-c2ccccc2)n1.O=C=Nc1ccccc1.[CH3-].[CH3-].[CH3-].[Y].[Y].[Y]. The van der Waals surface area contributed by atoms with Gasteiger partial charge in [0.2, 0.25) is 74.8 Å². The van der Waals surface area contributed by atoms with Crippen LogP contribution in [0.25, 0.3) is 44.5 Å². The van der Waals surface area contributed by atoms with E-state index < -0.39 is 12.1 Å². The fourth-order valence-electron chi connectivity index (χ4n) is 10.1. The van der Waals surface area contributed by atoms with Crippen LogP contribution in [0.5, 0.6) is 0 Å². The van der Waals surface area contributed by atoms with Crippen molar-refractivity contribution in [3.63, 3.8) is 0 Å². The van der Waals surface area contributed by atoms with Crippen molar-refractivity contribution in [2.75, 3.05) is 73.4 Å². The number of aromatic nitrogens is 12. The number of carbonyl (C=O) groups excluding carboxylic acids is 3. The molecule has 0 spiro atoms. The van der Waals surface area contributed by atoms with Gasteiger partial charge in [0, 0.05) is 169 Å². The normalized spacial score (nSPS) is 9.21. The number of isocyanates is 1. The summed E-state index contributed by atoms with van der Waals surface area (Å²) in [6, 6.07) is 97.9. The topological polar surface area (TPSA) is 384 Å². The third-order valence-corrected chi connectivity index (χ3v) is 15.8. The number of carbonyl (C=O) groups is 2. The number of anilines is 14. The fraction of sp³-hybridized carbons (Fsp3) is 0.0870. The van der Waals surface area contributed by atoms with E-state index >= 15 is 0 Å². The van der Waals surface area contributed by atoms with E-state index in [0.717, 1.165) is 61.7 Å². The molecule has 4 aromatic heterocycles. The molecule has 27 nitrogen and oxygen atoms in total. The molecule has 0 bridgehead atoms. The Morgan fingerprint density at radius 3 is 0.913 bits per heavy atom. The number of nitrogens with zero attached hydrogens (tertiary/aromatic N) is 14. The Labute approximate surface area is 832 Å². The van der Waals surface area contributed by atoms with Gasteiger partial charge in [0.05, 0.1) is 5.69 Å². The predicted octanol–water partition coefficient (Wildman–Crippen LogP) is 23.9. The van der Waals surface area contributed by atoms with E-state index in [1.807, 2.05) is 316 Å². The van der Waals surface area contributed by atoms with E-state index in [4.69, 9.17) is 63.6 Å². The van der Waals surface area contributed by atoms with Gasteiger partial charge in [0.1, 0.15) is 0 Å². The Morgan fingerprint density at radius 2 is 0.571 bits per heavy atom. The van der Waals surface area contributed by atoms with Crippen molar-refractivity contribution in [3.05, 3.63) is 353 Å². The molecule has 0 atom stereocenters. The summed E-state index contributed by atoms with van der Waals surface area (Å²) in [5.41, 5.74) is 30.3. The van der Waals surface area contributed by atoms with Crippen LogP contribution in [-0.4, -0.2) is 92.0 Å². The number of nitrogens with two attached hydrogens (primary N) is 3. The van der Waals surface area contributed by atoms with Crippen LogP contribution in [-0.2, 0) is 103 Å². The summed E-state index contributed by atoms with van der Waals surface area (Å²) in [6.07, 6.45) is 1.46. The zero-order valence-corrected chi connectivity index (χ0v) is 82.9. The van der Waals surface area contributed by atoms with Crippen molar-refractivity contribution in [3.8, 4) is 44.5 Å². The number of halogens is 4. The number of amides is 4. The first kappa shape index (κ1) is 112. The fourth-order valence-corrected chi connectivity index (χ4v) is 10.9. The van der Waals surface area contributed by atoms with Crippen LogP contribution >= 0.6 is 46.4 Å². The molecular formula is C92H97Cl4N24O3Y3-3. The van der Waals surface area contributed by atoms with Gasteiger partial charge in [-0.15, -0.1) is 0 Å². The first-order valence-corrected chi connectivity index (χ1v) is 38.9. The van der Waals surface area contributed by atoms with Crippen LogP contribution in [0, 0.1) is 22.3 Å². The summed E-state index contributed by atoms with van der Waals surface area (Å²) >= 11 is 22.5. The van der Waals surface area contributed by atoms with Crippen LogP contribution in [0.3, 0.4) is 0 Å². The van der Waals surface area contributed by atoms with Crippen molar-refractivity contribution in [2.24, 2.45) is 4.99 Å². The predicted molar refractivity (Wildman–Crippen MR) is 510 cm³/mol. The van der Waals surface area contributed by atoms with Crippen molar-refractivity contribution in [1.82, 2.24) is 59.8 Å². The Bertz CT molecular complexity index is 5590. The number of rotatable bonds is 16. The van der Waals surface area contributed by atoms with Gasteiger partial charge in [-0.2, -0.15) is 64.8 Å². The second-order valence-corrected chi connectivity index (χ2v) is 24.8. The number of para-hydroxylation sites is 7. The number of benzene rings is 11. The van der Waals surface area contributed by atoms with Crippen LogP contribution < -0.4 is 59.3 Å². The zero-order valence-electron chi connectivity index (χ0n) is 71.4. The molecule has 0 unspecified atom stereocenters. The van der Waals surface area contributed by atoms with Gasteiger partial charge in [-0.05, 0) is 129 Å². The Hall–Kier alpha value is -11.5. The van der Waals surface area contributed by atoms with E-state index in [1.165, 1.54) is 11.6 Å². The largest absolute Gasteiger partial charge is 0.398 e. The molecule has 0 saturated heterocycles. The number of hydrogen-bond acceptors (Lipinski definition) is 23. The van der Waals surface area contributed by atoms with Crippen LogP contribution in [0.1, 0.15) is 41.5 Å². The third-order valence-electron chi connectivity index (χ3n) is 15.1. The van der Waals surface area contributed by atoms with Gasteiger partial charge in [0.25, 0.3) is 0 Å². The van der Waals surface area contributed by atoms with Crippen LogP contribution in [0.2, 0.25) is 21.1 Å². The van der Waals surface area contributed by atoms with Crippen molar-refractivity contribution < 1.29 is 113 Å². The first-order chi connectivity index (χ1) is 58.5. The molecule has 126 heavy (non-hydrogen) atoms. The molecule has 0 saturated carbocycles. The second-order valence-electron chi connectivity index (χ2n) is 23.4. The minimum atomic E-state index is -0.487. The third kappa shape index (κ3) is 39.8. The summed E-state index contributed by atoms with van der Waals surface area (Å²) in [7, 11) is 3.65. The Balaban J connectivity index is 0.000000779. The molecule has 0 aliphatic carbocycles. The quantitative estimate of drug-likeness (QED) is 0.0186. The van der Waals surface area contributed by atoms with Crippen molar-refractivity contribution in [1.29, 1.82) is 0 Å². The molecule has 34 heteroatoms. The maximum absolute atomic E-state index is 12.4. The van der Waals surface area contributed by atoms with Gasteiger partial charge in [-0.1, -0.05) is 290 Å². The number of nitrogens with one attached hydrogen (secondary N) is 7. The smallest absolute Gasteiger partial charge is 0.326 e. The molecule has 4 amide bonds. The minimum absolute atomic E-state index is 0. The van der Waals surface area contributed by atoms with Gasteiger partial charge < -0.3 is 71.0 Å². The van der Waals surface area contributed by atoms with Crippen LogP contribution in [0.4, 0.5) is 97.0 Å². The molecule has 643 valence electrons. The molecule has 0 aliphatic rings. The van der Waals surface area contributed by atoms with Gasteiger partial charge in [0.15, 0.2) is 0 Å². The molecule has 4 heterocycles. The average molecular weight is 2000 g/mol. The number of hydrogen-bond donors (Lipinski definition) is 10. The number of aliphatic imine (C=N–C) groups is 1. The Kier molecular flexibility index (Phi) is 56.6. The van der Waals surface area contributed by atoms with Gasteiger partial charge >= 0.3 is 12.1 Å². The Morgan fingerprint density at radius 1 is 0.310 bits per heavy atom. The molecule has 15 rings (SSSR count). The summed E-state index contributed by atoms with van der Waals surface area (Å²) in [5.74, 6) is 1.54. The van der Waals surface area contributed by atoms with E-state index in [0.29, 0.717) is 34.9 Å². The molecule has 3 radical (unpaired) electrons. The molecule has 0 fully saturated rings. The van der Waals surface area contributed by atoms with Crippen molar-refractivity contribution >= 4 is 152 Å². The maximum Gasteiger partial charge on any atom is 0.326 e. The second kappa shape index (κ2) is 63.4. The minimum Gasteiger partial charge on any atom is -0.398 e. The maximum atomic E-state index is 12.4. The monoisotopic (exact) mass is 1990 g/mol. The molecular weight excluding hydrogens is 1900 g/mol. The van der Waals surface area contributed by atoms with Crippen LogP contribution in [0.15, 0.2) is 314 Å². The number of nitrogen functional groups attached to an aromatic ring is 3. The standard InChI is InChI=1S/C24H23N7O.C22H17ClN6O.C15H12ClN5.C12H11N.C7H5NO.C3H2Cl2N4.3C2H6.3CH3.3Y/c1-31(2)23-28-21(26-20-16-10-9-15-19(20)17-11-5-3-6-12-17)27-22(29-23)30-24(32)25-18-13-7-4-8-14-18;23-19-26-20(25-18-14-8-7-13-17(18)15-9-3-1-4-10-15)28-21(27-19)29-22(30)24-16-11-5-2-6-12-16;16-13-19-14(17)21-15(20-13)18-12-9-5-4-8-11(12)10-6-2-1-3-7-10;13-12-9-5-4-8-11(12)10-6-2-1-3-7-10;9-6-8-7-4-2-1-3-5-7;4-1-7-2(5)9-3(6)8-1;3*1-2;;;;;;/h3-16H,1-2H3,(H3,25,26,27,28,29,30,32);1-14H,(H3,24,25,26,27,28,29,30);1-9H,(H3,17,18,19,20,21);1-9H,13H2;1-5H;(H2,6,7,8,9);3*1-2H3;3*1H3;;;/q;;;;;;;;;3*-1;;;. The summed E-state index contributed by atoms with van der Waals surface area (Å²) in [5, 5.41) is 20.3. The molecule has 11 aromatic carbocycles. The molecule has 0 aliphatic heterocycles. The first-order valence-electron chi connectivity index (χ1n) is 37.4. The van der Waals surface area contributed by atoms with Gasteiger partial charge in [-0.3, -0.25) is 10.6 Å². The van der Waals surface area contributed by atoms with E-state index in [-0.39, 0.29) is 171 Å². The summed E-state index contributed by atoms with van der Waals surface area (Å²) in [6.45, 7) is 12.0. The van der Waals surface area contributed by atoms with E-state index in [9.17, 15) is 14.4 Å². The molecule has 15 aromatic rings. The average Bonchev–Trinajstić information content (AvgIpc) is 0.794.